The second-order valence-electron chi connectivity index (χ2n) is 8.53. The van der Waals surface area contributed by atoms with Gasteiger partial charge in [-0.3, -0.25) is 4.39 Å². The Morgan fingerprint density at radius 1 is 1.31 bits per heavy atom. The highest BCUT2D eigenvalue weighted by Gasteiger charge is 2.35. The maximum Gasteiger partial charge on any atom is 0.407 e. The number of ether oxygens (including phenoxy) is 2. The first-order valence-electron chi connectivity index (χ1n) is 9.70. The molecule has 3 rings (SSSR count). The molecule has 0 bridgehead atoms. The van der Waals surface area contributed by atoms with Gasteiger partial charge in [0.15, 0.2) is 0 Å². The van der Waals surface area contributed by atoms with Crippen LogP contribution >= 0.6 is 0 Å². The highest BCUT2D eigenvalue weighted by Crippen LogP contribution is 2.32. The van der Waals surface area contributed by atoms with Gasteiger partial charge in [-0.05, 0) is 38.8 Å². The van der Waals surface area contributed by atoms with E-state index < -0.39 is 24.5 Å². The molecule has 8 nitrogen and oxygen atoms in total. The van der Waals surface area contributed by atoms with Crippen LogP contribution in [0.2, 0.25) is 0 Å². The van der Waals surface area contributed by atoms with Crippen molar-refractivity contribution in [3.8, 4) is 5.75 Å². The molecule has 0 aliphatic carbocycles. The van der Waals surface area contributed by atoms with Gasteiger partial charge in [-0.2, -0.15) is 0 Å². The lowest BCUT2D eigenvalue weighted by Crippen LogP contribution is -2.43. The predicted octanol–water partition coefficient (Wildman–Crippen LogP) is 2.56. The normalized spacial score (nSPS) is 23.7. The van der Waals surface area contributed by atoms with Crippen molar-refractivity contribution in [2.24, 2.45) is 5.92 Å². The molecule has 3 atom stereocenters. The number of alkyl carbamates (subject to hydrolysis) is 1. The van der Waals surface area contributed by atoms with Crippen molar-refractivity contribution in [2.45, 2.75) is 44.9 Å². The van der Waals surface area contributed by atoms with Gasteiger partial charge in [0, 0.05) is 30.8 Å². The lowest BCUT2D eigenvalue weighted by atomic mass is 10.0. The van der Waals surface area contributed by atoms with E-state index in [1.54, 1.807) is 20.8 Å². The molecule has 1 aromatic carbocycles. The number of fused-ring (bicyclic) bond motifs is 1. The monoisotopic (exact) mass is 409 g/mol. The Balaban J connectivity index is 1.65. The fourth-order valence-electron chi connectivity index (χ4n) is 3.69. The molecular formula is C20H28FN3O5. The van der Waals surface area contributed by atoms with Crippen LogP contribution in [0.4, 0.5) is 19.7 Å². The van der Waals surface area contributed by atoms with Crippen LogP contribution in [0.1, 0.15) is 26.3 Å². The third-order valence-electron chi connectivity index (χ3n) is 4.99. The van der Waals surface area contributed by atoms with Gasteiger partial charge in [0.2, 0.25) is 0 Å². The van der Waals surface area contributed by atoms with E-state index in [2.05, 4.69) is 10.6 Å². The molecule has 160 valence electrons. The summed E-state index contributed by atoms with van der Waals surface area (Å²) < 4.78 is 24.6. The molecule has 2 heterocycles. The van der Waals surface area contributed by atoms with Crippen LogP contribution in [0, 0.1) is 5.92 Å². The summed E-state index contributed by atoms with van der Waals surface area (Å²) in [6.07, 6.45) is -1.07. The van der Waals surface area contributed by atoms with Crippen molar-refractivity contribution >= 4 is 17.9 Å². The number of hydrogen-bond donors (Lipinski definition) is 3. The minimum Gasteiger partial charge on any atom is -0.491 e. The van der Waals surface area contributed by atoms with Gasteiger partial charge >= 0.3 is 12.2 Å². The Hall–Kier alpha value is -2.71. The zero-order chi connectivity index (χ0) is 21.2. The Kier molecular flexibility index (Phi) is 6.04. The van der Waals surface area contributed by atoms with Gasteiger partial charge in [0.1, 0.15) is 18.0 Å². The van der Waals surface area contributed by atoms with E-state index in [-0.39, 0.29) is 24.6 Å². The van der Waals surface area contributed by atoms with E-state index in [0.29, 0.717) is 25.3 Å². The largest absolute Gasteiger partial charge is 0.491 e. The Bertz CT molecular complexity index is 767. The number of amides is 2. The molecule has 2 aliphatic heterocycles. The highest BCUT2D eigenvalue weighted by atomic mass is 19.1. The van der Waals surface area contributed by atoms with Gasteiger partial charge in [0.25, 0.3) is 0 Å². The first-order chi connectivity index (χ1) is 13.6. The van der Waals surface area contributed by atoms with Crippen molar-refractivity contribution in [1.82, 2.24) is 10.6 Å². The number of hydrogen-bond acceptors (Lipinski definition) is 5. The van der Waals surface area contributed by atoms with E-state index in [4.69, 9.17) is 14.6 Å². The molecule has 3 N–H and O–H groups in total. The molecule has 9 heteroatoms. The summed E-state index contributed by atoms with van der Waals surface area (Å²) in [5.74, 6) is 0.370. The van der Waals surface area contributed by atoms with Gasteiger partial charge in [-0.25, -0.2) is 9.59 Å². The second kappa shape index (κ2) is 8.34. The second-order valence-corrected chi connectivity index (χ2v) is 8.53. The number of nitrogens with one attached hydrogen (secondary N) is 2. The van der Waals surface area contributed by atoms with Gasteiger partial charge in [0.05, 0.1) is 18.8 Å². The van der Waals surface area contributed by atoms with Crippen LogP contribution in [0.5, 0.6) is 5.75 Å². The molecule has 0 spiro atoms. The fraction of sp³-hybridized carbons (Fsp3) is 0.600. The van der Waals surface area contributed by atoms with Crippen LogP contribution in [0.15, 0.2) is 18.2 Å². The quantitative estimate of drug-likeness (QED) is 0.707. The summed E-state index contributed by atoms with van der Waals surface area (Å²) in [6, 6.07) is 5.07. The van der Waals surface area contributed by atoms with Crippen LogP contribution < -0.4 is 20.3 Å². The van der Waals surface area contributed by atoms with E-state index >= 15 is 0 Å². The molecule has 1 aromatic rings. The lowest BCUT2D eigenvalue weighted by molar-refractivity contribution is 0.0494. The summed E-state index contributed by atoms with van der Waals surface area (Å²) in [5, 5.41) is 14.1. The van der Waals surface area contributed by atoms with Gasteiger partial charge in [-0.1, -0.05) is 6.07 Å². The summed E-state index contributed by atoms with van der Waals surface area (Å²) in [4.78, 5) is 24.9. The molecule has 1 fully saturated rings. The van der Waals surface area contributed by atoms with Crippen molar-refractivity contribution < 1.29 is 28.6 Å². The number of nitrogens with zero attached hydrogens (tertiary/aromatic N) is 1. The topological polar surface area (TPSA) is 100 Å². The summed E-state index contributed by atoms with van der Waals surface area (Å²) in [7, 11) is 0. The van der Waals surface area contributed by atoms with Crippen LogP contribution in [-0.4, -0.2) is 61.3 Å². The third kappa shape index (κ3) is 5.42. The maximum absolute atomic E-state index is 13.5. The van der Waals surface area contributed by atoms with Crippen molar-refractivity contribution in [3.63, 3.8) is 0 Å². The minimum absolute atomic E-state index is 0.263. The molecule has 2 unspecified atom stereocenters. The number of carboxylic acid groups (broad SMARTS) is 1. The highest BCUT2D eigenvalue weighted by molar-refractivity contribution is 5.68. The van der Waals surface area contributed by atoms with Crippen LogP contribution in [0.25, 0.3) is 0 Å². The number of benzene rings is 1. The Morgan fingerprint density at radius 3 is 2.72 bits per heavy atom. The maximum atomic E-state index is 13.5. The average Bonchev–Trinajstić information content (AvgIpc) is 3.01. The fourth-order valence-corrected chi connectivity index (χ4v) is 3.69. The van der Waals surface area contributed by atoms with Crippen LogP contribution in [0.3, 0.4) is 0 Å². The molecule has 1 saturated heterocycles. The first-order valence-corrected chi connectivity index (χ1v) is 9.70. The molecule has 29 heavy (non-hydrogen) atoms. The van der Waals surface area contributed by atoms with Crippen LogP contribution in [-0.2, 0) is 11.2 Å². The zero-order valence-electron chi connectivity index (χ0n) is 16.9. The number of anilines is 1. The average molecular weight is 409 g/mol. The number of carbonyl (C=O) groups is 2. The molecule has 0 aromatic heterocycles. The van der Waals surface area contributed by atoms with Crippen molar-refractivity contribution in [3.05, 3.63) is 23.8 Å². The summed E-state index contributed by atoms with van der Waals surface area (Å²) in [5.41, 5.74) is 1.18. The van der Waals surface area contributed by atoms with E-state index in [9.17, 15) is 14.0 Å². The smallest absolute Gasteiger partial charge is 0.407 e. The summed E-state index contributed by atoms with van der Waals surface area (Å²) in [6.45, 7) is 6.01. The van der Waals surface area contributed by atoms with E-state index in [0.717, 1.165) is 11.3 Å². The SMILES string of the molecule is CC(C)(C)OC(=O)NC1CN(c2ccc3c(c2)OC[C@H](NC(=O)O)C3)CC1CF. The lowest BCUT2D eigenvalue weighted by Gasteiger charge is -2.27. The number of alkyl halides is 1. The Morgan fingerprint density at radius 2 is 2.07 bits per heavy atom. The molecular weight excluding hydrogens is 381 g/mol. The predicted molar refractivity (Wildman–Crippen MR) is 105 cm³/mol. The van der Waals surface area contributed by atoms with E-state index in [1.165, 1.54) is 0 Å². The number of carbonyl (C=O) groups excluding carboxylic acids is 1. The molecule has 2 amide bonds. The van der Waals surface area contributed by atoms with E-state index in [1.807, 2.05) is 23.1 Å². The number of halogens is 1. The zero-order valence-corrected chi connectivity index (χ0v) is 16.9. The minimum atomic E-state index is -1.07. The molecule has 0 radical (unpaired) electrons. The van der Waals surface area contributed by atoms with Gasteiger partial charge in [-0.15, -0.1) is 0 Å². The molecule has 0 saturated carbocycles. The van der Waals surface area contributed by atoms with Crippen molar-refractivity contribution in [1.29, 1.82) is 0 Å². The Labute approximate surface area is 169 Å². The van der Waals surface area contributed by atoms with Gasteiger partial charge < -0.3 is 30.1 Å². The summed E-state index contributed by atoms with van der Waals surface area (Å²) >= 11 is 0. The molecule has 2 aliphatic rings. The third-order valence-corrected chi connectivity index (χ3v) is 4.99. The number of rotatable bonds is 4. The first kappa shape index (κ1) is 21.0. The standard InChI is InChI=1S/C20H28FN3O5/c1-20(2,3)29-19(27)23-16-10-24(9-13(16)8-21)15-5-4-12-6-14(22-18(25)26)11-28-17(12)7-15/h4-5,7,13-14,16,22H,6,8-11H2,1-3H3,(H,23,27)(H,25,26)/t13?,14-,16?/m1/s1. The van der Waals surface area contributed by atoms with Crippen molar-refractivity contribution in [2.75, 3.05) is 31.3 Å².